The van der Waals surface area contributed by atoms with Crippen molar-refractivity contribution in [3.63, 3.8) is 0 Å². The van der Waals surface area contributed by atoms with E-state index in [-0.39, 0.29) is 18.9 Å². The van der Waals surface area contributed by atoms with Crippen LogP contribution in [-0.2, 0) is 14.8 Å². The van der Waals surface area contributed by atoms with Gasteiger partial charge in [-0.1, -0.05) is 38.1 Å². The fourth-order valence-electron chi connectivity index (χ4n) is 3.18. The topological polar surface area (TPSA) is 75.7 Å². The van der Waals surface area contributed by atoms with Crippen molar-refractivity contribution in [2.24, 2.45) is 0 Å². The van der Waals surface area contributed by atoms with Gasteiger partial charge in [-0.05, 0) is 42.5 Å². The average Bonchev–Trinajstić information content (AvgIpc) is 2.65. The quantitative estimate of drug-likeness (QED) is 0.658. The number of anilines is 2. The van der Waals surface area contributed by atoms with Crippen molar-refractivity contribution < 1.29 is 17.9 Å². The number of carbonyl (C=O) groups excluding carboxylic acids is 1. The summed E-state index contributed by atoms with van der Waals surface area (Å²) < 4.78 is 31.0. The van der Waals surface area contributed by atoms with Crippen LogP contribution in [0, 0.1) is 6.92 Å². The summed E-state index contributed by atoms with van der Waals surface area (Å²) in [5.74, 6) is 0.744. The van der Waals surface area contributed by atoms with Gasteiger partial charge in [-0.25, -0.2) is 8.42 Å². The summed E-state index contributed by atoms with van der Waals surface area (Å²) in [4.78, 5) is 12.5. The van der Waals surface area contributed by atoms with E-state index < -0.39 is 10.0 Å². The molecule has 0 fully saturated rings. The molecule has 2 aromatic rings. The molecule has 0 spiro atoms. The molecule has 29 heavy (non-hydrogen) atoms. The first kappa shape index (κ1) is 22.7. The number of carbonyl (C=O) groups is 1. The number of benzene rings is 2. The molecular formula is C22H30N2O4S. The van der Waals surface area contributed by atoms with Gasteiger partial charge in [-0.3, -0.25) is 9.10 Å². The molecule has 0 bridgehead atoms. The molecule has 1 N–H and O–H groups in total. The van der Waals surface area contributed by atoms with Gasteiger partial charge in [-0.15, -0.1) is 0 Å². The lowest BCUT2D eigenvalue weighted by Crippen LogP contribution is -2.31. The maximum absolute atomic E-state index is 12.5. The third-order valence-electron chi connectivity index (χ3n) is 4.70. The zero-order chi connectivity index (χ0) is 21.6. The molecule has 0 aliphatic carbocycles. The van der Waals surface area contributed by atoms with E-state index in [9.17, 15) is 13.2 Å². The number of aryl methyl sites for hydroxylation is 1. The van der Waals surface area contributed by atoms with Gasteiger partial charge in [-0.2, -0.15) is 0 Å². The van der Waals surface area contributed by atoms with Crippen LogP contribution >= 0.6 is 0 Å². The minimum atomic E-state index is -3.48. The number of amides is 1. The number of nitrogens with one attached hydrogen (secondary N) is 1. The Morgan fingerprint density at radius 3 is 2.48 bits per heavy atom. The molecule has 1 amide bonds. The normalized spacial score (nSPS) is 11.4. The molecule has 0 aliphatic rings. The Bertz CT molecular complexity index is 955. The van der Waals surface area contributed by atoms with Crippen LogP contribution < -0.4 is 14.4 Å². The predicted octanol–water partition coefficient (Wildman–Crippen LogP) is 4.31. The van der Waals surface area contributed by atoms with Gasteiger partial charge in [0.25, 0.3) is 0 Å². The third-order valence-corrected chi connectivity index (χ3v) is 5.89. The summed E-state index contributed by atoms with van der Waals surface area (Å²) in [6, 6.07) is 12.8. The maximum Gasteiger partial charge on any atom is 0.232 e. The van der Waals surface area contributed by atoms with E-state index in [2.05, 4.69) is 19.2 Å². The van der Waals surface area contributed by atoms with Crippen LogP contribution in [0.1, 0.15) is 43.7 Å². The highest BCUT2D eigenvalue weighted by atomic mass is 32.2. The Labute approximate surface area is 173 Å². The van der Waals surface area contributed by atoms with Gasteiger partial charge in [0.15, 0.2) is 0 Å². The zero-order valence-electron chi connectivity index (χ0n) is 17.7. The summed E-state index contributed by atoms with van der Waals surface area (Å²) in [6.07, 6.45) is 1.79. The van der Waals surface area contributed by atoms with Crippen molar-refractivity contribution in [2.45, 2.75) is 39.5 Å². The Morgan fingerprint density at radius 2 is 1.86 bits per heavy atom. The number of hydrogen-bond donors (Lipinski definition) is 1. The zero-order valence-corrected chi connectivity index (χ0v) is 18.5. The number of methoxy groups -OCH3 is 1. The highest BCUT2D eigenvalue weighted by Crippen LogP contribution is 2.28. The van der Waals surface area contributed by atoms with E-state index in [1.807, 2.05) is 25.1 Å². The minimum Gasteiger partial charge on any atom is -0.497 e. The van der Waals surface area contributed by atoms with Crippen molar-refractivity contribution in [2.75, 3.05) is 29.5 Å². The molecule has 0 saturated heterocycles. The summed E-state index contributed by atoms with van der Waals surface area (Å²) in [5, 5.41) is 3.00. The highest BCUT2D eigenvalue weighted by Gasteiger charge is 2.19. The number of ether oxygens (including phenoxy) is 1. The van der Waals surface area contributed by atoms with Gasteiger partial charge in [0.2, 0.25) is 15.9 Å². The molecule has 0 saturated carbocycles. The van der Waals surface area contributed by atoms with Crippen LogP contribution in [-0.4, -0.2) is 34.2 Å². The summed E-state index contributed by atoms with van der Waals surface area (Å²) in [5.41, 5.74) is 3.47. The molecule has 2 rings (SSSR count). The smallest absolute Gasteiger partial charge is 0.232 e. The summed E-state index contributed by atoms with van der Waals surface area (Å²) in [7, 11) is -1.95. The number of para-hydroxylation sites is 1. The summed E-state index contributed by atoms with van der Waals surface area (Å²) >= 11 is 0. The van der Waals surface area contributed by atoms with Gasteiger partial charge in [0, 0.05) is 24.7 Å². The Balaban J connectivity index is 2.06. The lowest BCUT2D eigenvalue weighted by molar-refractivity contribution is -0.116. The van der Waals surface area contributed by atoms with Gasteiger partial charge in [0.1, 0.15) is 5.75 Å². The monoisotopic (exact) mass is 418 g/mol. The molecule has 2 aromatic carbocycles. The van der Waals surface area contributed by atoms with Crippen molar-refractivity contribution in [1.82, 2.24) is 0 Å². The van der Waals surface area contributed by atoms with E-state index in [0.717, 1.165) is 23.1 Å². The second kappa shape index (κ2) is 9.78. The van der Waals surface area contributed by atoms with Crippen LogP contribution in [0.2, 0.25) is 0 Å². The fourth-order valence-corrected chi connectivity index (χ4v) is 4.14. The van der Waals surface area contributed by atoms with Crippen molar-refractivity contribution in [3.05, 3.63) is 53.6 Å². The second-order valence-corrected chi connectivity index (χ2v) is 9.29. The second-order valence-electron chi connectivity index (χ2n) is 7.38. The van der Waals surface area contributed by atoms with Crippen molar-refractivity contribution in [1.29, 1.82) is 0 Å². The van der Waals surface area contributed by atoms with E-state index in [4.69, 9.17) is 4.74 Å². The SMILES string of the molecule is COc1cccc(N(CCCC(=O)Nc2c(C)cccc2C(C)C)S(C)(=O)=O)c1. The van der Waals surface area contributed by atoms with Crippen LogP contribution in [0.3, 0.4) is 0 Å². The van der Waals surface area contributed by atoms with Gasteiger partial charge in [0.05, 0.1) is 19.1 Å². The fraction of sp³-hybridized carbons (Fsp3) is 0.409. The minimum absolute atomic E-state index is 0.125. The Kier molecular flexibility index (Phi) is 7.67. The molecule has 6 nitrogen and oxygen atoms in total. The standard InChI is InChI=1S/C22H30N2O4S/c1-16(2)20-12-6-9-17(3)22(20)23-21(25)13-8-14-24(29(5,26)27)18-10-7-11-19(15-18)28-4/h6-7,9-12,15-16H,8,13-14H2,1-5H3,(H,23,25). The lowest BCUT2D eigenvalue weighted by Gasteiger charge is -2.23. The first-order chi connectivity index (χ1) is 13.6. The maximum atomic E-state index is 12.5. The number of nitrogens with zero attached hydrogens (tertiary/aromatic N) is 1. The largest absolute Gasteiger partial charge is 0.497 e. The molecule has 7 heteroatoms. The molecule has 0 radical (unpaired) electrons. The molecule has 0 heterocycles. The summed E-state index contributed by atoms with van der Waals surface area (Å²) in [6.45, 7) is 6.35. The van der Waals surface area contributed by atoms with Crippen LogP contribution in [0.5, 0.6) is 5.75 Å². The van der Waals surface area contributed by atoms with Crippen LogP contribution in [0.15, 0.2) is 42.5 Å². The average molecular weight is 419 g/mol. The first-order valence-corrected chi connectivity index (χ1v) is 11.5. The van der Waals surface area contributed by atoms with Crippen molar-refractivity contribution in [3.8, 4) is 5.75 Å². The lowest BCUT2D eigenvalue weighted by atomic mass is 9.98. The molecular weight excluding hydrogens is 388 g/mol. The first-order valence-electron chi connectivity index (χ1n) is 9.64. The van der Waals surface area contributed by atoms with Crippen molar-refractivity contribution >= 4 is 27.3 Å². The molecule has 158 valence electrons. The Morgan fingerprint density at radius 1 is 1.17 bits per heavy atom. The van der Waals surface area contributed by atoms with E-state index in [0.29, 0.717) is 23.8 Å². The number of sulfonamides is 1. The number of rotatable bonds is 9. The number of hydrogen-bond acceptors (Lipinski definition) is 4. The van der Waals surface area contributed by atoms with Crippen LogP contribution in [0.4, 0.5) is 11.4 Å². The predicted molar refractivity (Wildman–Crippen MR) is 118 cm³/mol. The van der Waals surface area contributed by atoms with E-state index in [1.165, 1.54) is 11.4 Å². The molecule has 0 atom stereocenters. The Hall–Kier alpha value is -2.54. The van der Waals surface area contributed by atoms with E-state index >= 15 is 0 Å². The third kappa shape index (κ3) is 6.22. The van der Waals surface area contributed by atoms with Crippen LogP contribution in [0.25, 0.3) is 0 Å². The highest BCUT2D eigenvalue weighted by molar-refractivity contribution is 7.92. The van der Waals surface area contributed by atoms with Gasteiger partial charge < -0.3 is 10.1 Å². The van der Waals surface area contributed by atoms with Gasteiger partial charge >= 0.3 is 0 Å². The molecule has 0 unspecified atom stereocenters. The molecule has 0 aliphatic heterocycles. The van der Waals surface area contributed by atoms with E-state index in [1.54, 1.807) is 24.3 Å². The molecule has 0 aromatic heterocycles.